The van der Waals surface area contributed by atoms with Gasteiger partial charge in [0.1, 0.15) is 5.69 Å². The van der Waals surface area contributed by atoms with Gasteiger partial charge < -0.3 is 19.2 Å². The topological polar surface area (TPSA) is 102 Å². The highest BCUT2D eigenvalue weighted by atomic mass is 127. The third kappa shape index (κ3) is 7.16. The predicted octanol–water partition coefficient (Wildman–Crippen LogP) is 8.75. The molecule has 8 nitrogen and oxygen atoms in total. The smallest absolute Gasteiger partial charge is 0.343 e. The quantitative estimate of drug-likeness (QED) is 0.0482. The van der Waals surface area contributed by atoms with E-state index in [-0.39, 0.29) is 11.3 Å². The van der Waals surface area contributed by atoms with Gasteiger partial charge in [0, 0.05) is 30.1 Å². The molecule has 5 rings (SSSR count). The Morgan fingerprint density at radius 2 is 1.68 bits per heavy atom. The Kier molecular flexibility index (Phi) is 10.4. The second-order valence-electron chi connectivity index (χ2n) is 9.35. The SMILES string of the molecule is CCOc1ccc(C(=O)Oc2c(Br)cc(Br)cc2C=NNC(=O)c2[nH]c3ccc(I)cc3c2-c2ccccc2)cc1OCC. The van der Waals surface area contributed by atoms with Crippen LogP contribution in [0, 0.1) is 3.57 Å². The van der Waals surface area contributed by atoms with Gasteiger partial charge in [-0.15, -0.1) is 0 Å². The van der Waals surface area contributed by atoms with Gasteiger partial charge in [0.2, 0.25) is 0 Å². The largest absolute Gasteiger partial charge is 0.490 e. The summed E-state index contributed by atoms with van der Waals surface area (Å²) in [4.78, 5) is 29.9. The Labute approximate surface area is 284 Å². The Hall–Kier alpha value is -3.68. The molecule has 0 saturated carbocycles. The van der Waals surface area contributed by atoms with Gasteiger partial charge in [0.25, 0.3) is 5.91 Å². The van der Waals surface area contributed by atoms with Crippen molar-refractivity contribution in [2.24, 2.45) is 5.10 Å². The molecule has 11 heteroatoms. The zero-order chi connectivity index (χ0) is 31.2. The van der Waals surface area contributed by atoms with Crippen LogP contribution in [0.5, 0.6) is 17.2 Å². The molecule has 2 N–H and O–H groups in total. The summed E-state index contributed by atoms with van der Waals surface area (Å²) in [6.07, 6.45) is 1.42. The fourth-order valence-corrected chi connectivity index (χ4v) is 6.40. The van der Waals surface area contributed by atoms with Crippen LogP contribution in [0.4, 0.5) is 0 Å². The number of fused-ring (bicyclic) bond motifs is 1. The number of H-pyrrole nitrogens is 1. The van der Waals surface area contributed by atoms with Crippen LogP contribution in [0.2, 0.25) is 0 Å². The number of aromatic amines is 1. The fraction of sp³-hybridized carbons (Fsp3) is 0.121. The van der Waals surface area contributed by atoms with Crippen LogP contribution in [0.25, 0.3) is 22.0 Å². The van der Waals surface area contributed by atoms with Gasteiger partial charge in [-0.1, -0.05) is 46.3 Å². The molecule has 0 radical (unpaired) electrons. The molecule has 224 valence electrons. The molecule has 0 fully saturated rings. The summed E-state index contributed by atoms with van der Waals surface area (Å²) in [5, 5.41) is 5.15. The molecular formula is C33H26Br2IN3O5. The van der Waals surface area contributed by atoms with Gasteiger partial charge in [-0.3, -0.25) is 4.79 Å². The molecule has 1 amide bonds. The second-order valence-corrected chi connectivity index (χ2v) is 12.4. The molecule has 44 heavy (non-hydrogen) atoms. The standard InChI is InChI=1S/C33H26Br2IN3O5/c1-3-42-27-13-10-20(15-28(27)43-4-2)33(41)44-31-21(14-22(34)16-25(31)35)18-37-39-32(40)30-29(19-8-6-5-7-9-19)24-17-23(36)11-12-26(24)38-30/h5-18,38H,3-4H2,1-2H3,(H,39,40). The molecule has 0 saturated heterocycles. The fourth-order valence-electron chi connectivity index (χ4n) is 4.57. The number of amides is 1. The van der Waals surface area contributed by atoms with Crippen LogP contribution < -0.4 is 19.6 Å². The Bertz CT molecular complexity index is 1880. The highest BCUT2D eigenvalue weighted by Crippen LogP contribution is 2.35. The van der Waals surface area contributed by atoms with Crippen molar-refractivity contribution >= 4 is 83.4 Å². The van der Waals surface area contributed by atoms with E-state index in [1.54, 1.807) is 30.3 Å². The van der Waals surface area contributed by atoms with E-state index in [9.17, 15) is 9.59 Å². The van der Waals surface area contributed by atoms with Crippen molar-refractivity contribution in [2.75, 3.05) is 13.2 Å². The maximum Gasteiger partial charge on any atom is 0.343 e. The molecule has 0 aliphatic carbocycles. The van der Waals surface area contributed by atoms with Crippen LogP contribution in [-0.2, 0) is 0 Å². The number of nitrogens with one attached hydrogen (secondary N) is 2. The first-order valence-electron chi connectivity index (χ1n) is 13.6. The number of carbonyl (C=O) groups excluding carboxylic acids is 2. The van der Waals surface area contributed by atoms with Crippen molar-refractivity contribution in [1.29, 1.82) is 0 Å². The number of benzene rings is 4. The molecule has 0 atom stereocenters. The summed E-state index contributed by atoms with van der Waals surface area (Å²) >= 11 is 9.21. The maximum absolute atomic E-state index is 13.4. The van der Waals surface area contributed by atoms with Crippen molar-refractivity contribution < 1.29 is 23.8 Å². The molecule has 0 unspecified atom stereocenters. The van der Waals surface area contributed by atoms with Gasteiger partial charge in [0.15, 0.2) is 17.2 Å². The summed E-state index contributed by atoms with van der Waals surface area (Å²) in [5.74, 6) is 0.199. The summed E-state index contributed by atoms with van der Waals surface area (Å²) in [6.45, 7) is 4.60. The lowest BCUT2D eigenvalue weighted by Gasteiger charge is -2.13. The van der Waals surface area contributed by atoms with Crippen molar-refractivity contribution in [1.82, 2.24) is 10.4 Å². The van der Waals surface area contributed by atoms with E-state index in [2.05, 4.69) is 70.0 Å². The molecule has 0 spiro atoms. The number of hydrazone groups is 1. The summed E-state index contributed by atoms with van der Waals surface area (Å²) in [5.41, 5.74) is 6.26. The lowest BCUT2D eigenvalue weighted by Crippen LogP contribution is -2.19. The van der Waals surface area contributed by atoms with Crippen LogP contribution in [0.1, 0.15) is 40.3 Å². The second kappa shape index (κ2) is 14.4. The van der Waals surface area contributed by atoms with E-state index in [0.29, 0.717) is 44.9 Å². The molecule has 1 aromatic heterocycles. The molecule has 0 bridgehead atoms. The van der Waals surface area contributed by atoms with Crippen LogP contribution in [0.15, 0.2) is 92.9 Å². The number of hydrogen-bond donors (Lipinski definition) is 2. The number of ether oxygens (including phenoxy) is 3. The number of esters is 1. The molecule has 1 heterocycles. The molecule has 0 aliphatic rings. The maximum atomic E-state index is 13.4. The number of halogens is 3. The molecule has 4 aromatic carbocycles. The molecule has 5 aromatic rings. The lowest BCUT2D eigenvalue weighted by molar-refractivity contribution is 0.0732. The third-order valence-electron chi connectivity index (χ3n) is 6.43. The van der Waals surface area contributed by atoms with Crippen LogP contribution >= 0.6 is 54.5 Å². The third-order valence-corrected chi connectivity index (χ3v) is 8.15. The zero-order valence-corrected chi connectivity index (χ0v) is 28.9. The van der Waals surface area contributed by atoms with Crippen molar-refractivity contribution in [2.45, 2.75) is 13.8 Å². The number of nitrogens with zero attached hydrogens (tertiary/aromatic N) is 1. The van der Waals surface area contributed by atoms with Gasteiger partial charge in [0.05, 0.1) is 29.5 Å². The van der Waals surface area contributed by atoms with Crippen molar-refractivity contribution in [3.8, 4) is 28.4 Å². The summed E-state index contributed by atoms with van der Waals surface area (Å²) < 4.78 is 19.3. The summed E-state index contributed by atoms with van der Waals surface area (Å²) in [6, 6.07) is 24.0. The van der Waals surface area contributed by atoms with Crippen LogP contribution in [0.3, 0.4) is 0 Å². The zero-order valence-electron chi connectivity index (χ0n) is 23.6. The van der Waals surface area contributed by atoms with Gasteiger partial charge in [-0.2, -0.15) is 5.10 Å². The monoisotopic (exact) mass is 829 g/mol. The summed E-state index contributed by atoms with van der Waals surface area (Å²) in [7, 11) is 0. The Morgan fingerprint density at radius 1 is 0.932 bits per heavy atom. The average molecular weight is 831 g/mol. The highest BCUT2D eigenvalue weighted by Gasteiger charge is 2.20. The van der Waals surface area contributed by atoms with Crippen molar-refractivity contribution in [3.05, 3.63) is 108 Å². The molecular weight excluding hydrogens is 805 g/mol. The lowest BCUT2D eigenvalue weighted by atomic mass is 10.0. The number of hydrogen-bond acceptors (Lipinski definition) is 6. The minimum Gasteiger partial charge on any atom is -0.490 e. The first-order chi connectivity index (χ1) is 21.3. The van der Waals surface area contributed by atoms with E-state index >= 15 is 0 Å². The van der Waals surface area contributed by atoms with Gasteiger partial charge in [-0.05, 0) is 106 Å². The van der Waals surface area contributed by atoms with Gasteiger partial charge >= 0.3 is 5.97 Å². The van der Waals surface area contributed by atoms with E-state index in [1.165, 1.54) is 6.21 Å². The number of aromatic nitrogens is 1. The number of rotatable bonds is 10. The minimum atomic E-state index is -0.601. The van der Waals surface area contributed by atoms with E-state index in [0.717, 1.165) is 25.6 Å². The predicted molar refractivity (Wildman–Crippen MR) is 187 cm³/mol. The first-order valence-corrected chi connectivity index (χ1v) is 16.3. The highest BCUT2D eigenvalue weighted by molar-refractivity contribution is 14.1. The van der Waals surface area contributed by atoms with Crippen LogP contribution in [-0.4, -0.2) is 36.3 Å². The van der Waals surface area contributed by atoms with E-state index in [4.69, 9.17) is 14.2 Å². The first kappa shape index (κ1) is 31.7. The van der Waals surface area contributed by atoms with Crippen molar-refractivity contribution in [3.63, 3.8) is 0 Å². The normalized spacial score (nSPS) is 11.1. The minimum absolute atomic E-state index is 0.230. The van der Waals surface area contributed by atoms with Gasteiger partial charge in [-0.25, -0.2) is 10.2 Å². The molecule has 0 aliphatic heterocycles. The Morgan fingerprint density at radius 3 is 2.43 bits per heavy atom. The van der Waals surface area contributed by atoms with E-state index in [1.807, 2.05) is 62.4 Å². The Balaban J connectivity index is 1.41. The van der Waals surface area contributed by atoms with E-state index < -0.39 is 11.9 Å². The average Bonchev–Trinajstić information content (AvgIpc) is 3.39. The number of carbonyl (C=O) groups is 2.